The van der Waals surface area contributed by atoms with E-state index in [4.69, 9.17) is 11.6 Å². The molecule has 0 radical (unpaired) electrons. The van der Waals surface area contributed by atoms with Gasteiger partial charge in [0.2, 0.25) is 0 Å². The number of benzene rings is 1. The number of carbonyl (C=O) groups excluding carboxylic acids is 1. The molecule has 22 heavy (non-hydrogen) atoms. The molecule has 0 atom stereocenters. The molecule has 0 spiro atoms. The fraction of sp³-hybridized carbons (Fsp3) is 0.167. The molecule has 10 heteroatoms. The molecule has 2 N–H and O–H groups in total. The van der Waals surface area contributed by atoms with E-state index in [0.717, 1.165) is 7.05 Å². The lowest BCUT2D eigenvalue weighted by Gasteiger charge is -2.07. The van der Waals surface area contributed by atoms with Gasteiger partial charge in [-0.3, -0.25) is 9.48 Å². The molecule has 2 aromatic rings. The van der Waals surface area contributed by atoms with Crippen LogP contribution in [0.25, 0.3) is 0 Å². The van der Waals surface area contributed by atoms with Crippen LogP contribution in [0.2, 0.25) is 5.02 Å². The summed E-state index contributed by atoms with van der Waals surface area (Å²) >= 11 is 8.46. The number of carbonyl (C=O) groups is 1. The van der Waals surface area contributed by atoms with Crippen molar-refractivity contribution in [3.63, 3.8) is 0 Å². The Morgan fingerprint density at radius 3 is 2.64 bits per heavy atom. The first-order valence-corrected chi connectivity index (χ1v) is 6.88. The van der Waals surface area contributed by atoms with Crippen molar-refractivity contribution < 1.29 is 23.1 Å². The molecule has 2 rings (SSSR count). The minimum absolute atomic E-state index is 0.0383. The lowest BCUT2D eigenvalue weighted by molar-refractivity contribution is -0.144. The maximum absolute atomic E-state index is 12.9. The maximum atomic E-state index is 12.9. The third kappa shape index (κ3) is 3.20. The number of nitrogens with one attached hydrogen (secondary N) is 1. The van der Waals surface area contributed by atoms with Gasteiger partial charge in [-0.1, -0.05) is 11.6 Å². The maximum Gasteiger partial charge on any atom is 0.434 e. The van der Waals surface area contributed by atoms with Gasteiger partial charge < -0.3 is 10.4 Å². The number of rotatable bonds is 2. The SMILES string of the molecule is Cn1nc(C(=O)Nc2cc(Cl)ccc2O)c(Br)c1C(F)(F)F. The van der Waals surface area contributed by atoms with E-state index in [2.05, 4.69) is 26.3 Å². The van der Waals surface area contributed by atoms with Crippen molar-refractivity contribution in [3.05, 3.63) is 39.1 Å². The van der Waals surface area contributed by atoms with E-state index in [1.165, 1.54) is 18.2 Å². The Labute approximate surface area is 135 Å². The number of alkyl halides is 3. The van der Waals surface area contributed by atoms with Gasteiger partial charge in [0.05, 0.1) is 10.2 Å². The zero-order chi connectivity index (χ0) is 16.7. The van der Waals surface area contributed by atoms with E-state index in [1.807, 2.05) is 0 Å². The van der Waals surface area contributed by atoms with Crippen LogP contribution in [-0.4, -0.2) is 20.8 Å². The molecule has 1 aromatic carbocycles. The highest BCUT2D eigenvalue weighted by atomic mass is 79.9. The van der Waals surface area contributed by atoms with Gasteiger partial charge in [0.15, 0.2) is 11.4 Å². The van der Waals surface area contributed by atoms with Gasteiger partial charge in [-0.2, -0.15) is 18.3 Å². The molecule has 0 aliphatic carbocycles. The standard InChI is InChI=1S/C12H8BrClF3N3O2/c1-20-10(12(15,16)17)8(13)9(19-20)11(22)18-6-4-5(14)2-3-7(6)21/h2-4,21H,1H3,(H,18,22). The summed E-state index contributed by atoms with van der Waals surface area (Å²) < 4.78 is 38.6. The van der Waals surface area contributed by atoms with Crippen molar-refractivity contribution >= 4 is 39.1 Å². The summed E-state index contributed by atoms with van der Waals surface area (Å²) in [5.41, 5.74) is -1.59. The Morgan fingerprint density at radius 1 is 1.45 bits per heavy atom. The number of phenols is 1. The van der Waals surface area contributed by atoms with Crippen molar-refractivity contribution in [2.45, 2.75) is 6.18 Å². The van der Waals surface area contributed by atoms with E-state index in [9.17, 15) is 23.1 Å². The van der Waals surface area contributed by atoms with E-state index >= 15 is 0 Å². The third-order valence-corrected chi connectivity index (χ3v) is 3.67. The third-order valence-electron chi connectivity index (χ3n) is 2.68. The van der Waals surface area contributed by atoms with Crippen LogP contribution >= 0.6 is 27.5 Å². The van der Waals surface area contributed by atoms with E-state index in [1.54, 1.807) is 0 Å². The predicted octanol–water partition coefficient (Wildman–Crippen LogP) is 3.81. The number of aromatic hydroxyl groups is 1. The number of aryl methyl sites for hydroxylation is 1. The molecule has 0 unspecified atom stereocenters. The van der Waals surface area contributed by atoms with Crippen molar-refractivity contribution in [2.24, 2.45) is 7.05 Å². The van der Waals surface area contributed by atoms with E-state index in [0.29, 0.717) is 4.68 Å². The number of amides is 1. The summed E-state index contributed by atoms with van der Waals surface area (Å²) in [6.07, 6.45) is -4.67. The molecular formula is C12H8BrClF3N3O2. The van der Waals surface area contributed by atoms with Crippen LogP contribution in [0.4, 0.5) is 18.9 Å². The highest BCUT2D eigenvalue weighted by Crippen LogP contribution is 2.36. The Balaban J connectivity index is 2.37. The van der Waals surface area contributed by atoms with Gasteiger partial charge in [0.25, 0.3) is 5.91 Å². The molecule has 118 valence electrons. The second-order valence-electron chi connectivity index (χ2n) is 4.25. The Kier molecular flexibility index (Phi) is 4.39. The summed E-state index contributed by atoms with van der Waals surface area (Å²) in [6.45, 7) is 0. The van der Waals surface area contributed by atoms with Crippen LogP contribution in [0.15, 0.2) is 22.7 Å². The molecule has 5 nitrogen and oxygen atoms in total. The summed E-state index contributed by atoms with van der Waals surface area (Å²) in [7, 11) is 1.07. The van der Waals surface area contributed by atoms with Gasteiger partial charge in [-0.15, -0.1) is 0 Å². The fourth-order valence-electron chi connectivity index (χ4n) is 1.74. The molecule has 1 amide bonds. The van der Waals surface area contributed by atoms with Gasteiger partial charge in [0, 0.05) is 12.1 Å². The number of anilines is 1. The number of hydrogen-bond acceptors (Lipinski definition) is 3. The highest BCUT2D eigenvalue weighted by molar-refractivity contribution is 9.10. The van der Waals surface area contributed by atoms with Gasteiger partial charge >= 0.3 is 6.18 Å². The van der Waals surface area contributed by atoms with E-state index < -0.39 is 27.9 Å². The van der Waals surface area contributed by atoms with E-state index in [-0.39, 0.29) is 16.5 Å². The van der Waals surface area contributed by atoms with Gasteiger partial charge in [0.1, 0.15) is 5.75 Å². The molecule has 1 aromatic heterocycles. The lowest BCUT2D eigenvalue weighted by Crippen LogP contribution is -2.13. The number of halogens is 5. The molecule has 0 saturated carbocycles. The Hall–Kier alpha value is -1.74. The average Bonchev–Trinajstić information content (AvgIpc) is 2.68. The topological polar surface area (TPSA) is 67.2 Å². The molecule has 1 heterocycles. The van der Waals surface area contributed by atoms with Gasteiger partial charge in [-0.05, 0) is 34.1 Å². The van der Waals surface area contributed by atoms with Crippen LogP contribution in [0.3, 0.4) is 0 Å². The number of hydrogen-bond donors (Lipinski definition) is 2. The van der Waals surface area contributed by atoms with Crippen molar-refractivity contribution in [3.8, 4) is 5.75 Å². The highest BCUT2D eigenvalue weighted by Gasteiger charge is 2.39. The minimum Gasteiger partial charge on any atom is -0.506 e. The van der Waals surface area contributed by atoms with Crippen LogP contribution in [0.1, 0.15) is 16.2 Å². The molecule has 0 aliphatic rings. The molecule has 0 saturated heterocycles. The largest absolute Gasteiger partial charge is 0.506 e. The second kappa shape index (κ2) is 5.81. The van der Waals surface area contributed by atoms with Crippen molar-refractivity contribution in [1.82, 2.24) is 9.78 Å². The molecule has 0 bridgehead atoms. The first-order chi connectivity index (χ1) is 10.1. The van der Waals surface area contributed by atoms with Crippen molar-refractivity contribution in [1.29, 1.82) is 0 Å². The minimum atomic E-state index is -4.67. The molecular weight excluding hydrogens is 391 g/mol. The summed E-state index contributed by atoms with van der Waals surface area (Å²) in [4.78, 5) is 12.1. The normalized spacial score (nSPS) is 11.5. The van der Waals surface area contributed by atoms with Crippen molar-refractivity contribution in [2.75, 3.05) is 5.32 Å². The zero-order valence-electron chi connectivity index (χ0n) is 10.9. The summed E-state index contributed by atoms with van der Waals surface area (Å²) in [6, 6.07) is 3.90. The smallest absolute Gasteiger partial charge is 0.434 e. The van der Waals surface area contributed by atoms with Crippen LogP contribution in [-0.2, 0) is 13.2 Å². The number of phenolic OH excluding ortho intramolecular Hbond substituents is 1. The summed E-state index contributed by atoms with van der Waals surface area (Å²) in [5, 5.41) is 15.6. The second-order valence-corrected chi connectivity index (χ2v) is 5.48. The Morgan fingerprint density at radius 2 is 2.09 bits per heavy atom. The zero-order valence-corrected chi connectivity index (χ0v) is 13.2. The lowest BCUT2D eigenvalue weighted by atomic mass is 10.2. The fourth-order valence-corrected chi connectivity index (χ4v) is 2.65. The quantitative estimate of drug-likeness (QED) is 0.756. The first-order valence-electron chi connectivity index (χ1n) is 5.71. The molecule has 0 aliphatic heterocycles. The predicted molar refractivity (Wildman–Crippen MR) is 77.0 cm³/mol. The Bertz CT molecular complexity index is 746. The summed E-state index contributed by atoms with van der Waals surface area (Å²) in [5.74, 6) is -1.20. The number of nitrogens with zero attached hydrogens (tertiary/aromatic N) is 2. The average molecular weight is 399 g/mol. The van der Waals surface area contributed by atoms with Gasteiger partial charge in [-0.25, -0.2) is 0 Å². The monoisotopic (exact) mass is 397 g/mol. The van der Waals surface area contributed by atoms with Crippen LogP contribution in [0.5, 0.6) is 5.75 Å². The number of aromatic nitrogens is 2. The van der Waals surface area contributed by atoms with Crippen LogP contribution < -0.4 is 5.32 Å². The van der Waals surface area contributed by atoms with Crippen LogP contribution in [0, 0.1) is 0 Å². The first kappa shape index (κ1) is 16.6. The molecule has 0 fully saturated rings.